The van der Waals surface area contributed by atoms with Crippen LogP contribution in [0, 0.1) is 5.82 Å². The van der Waals surface area contributed by atoms with Crippen LogP contribution < -0.4 is 4.90 Å². The Balaban J connectivity index is 1.83. The molecule has 2 nitrogen and oxygen atoms in total. The lowest BCUT2D eigenvalue weighted by Crippen LogP contribution is -2.30. The highest BCUT2D eigenvalue weighted by Crippen LogP contribution is 2.24. The molecule has 0 fully saturated rings. The summed E-state index contributed by atoms with van der Waals surface area (Å²) in [5.74, 6) is -0.419. The van der Waals surface area contributed by atoms with E-state index in [1.54, 1.807) is 23.1 Å². The van der Waals surface area contributed by atoms with Gasteiger partial charge in [0, 0.05) is 6.42 Å². The third-order valence-corrected chi connectivity index (χ3v) is 4.59. The Hall–Kier alpha value is -2.94. The first-order chi connectivity index (χ1) is 13.2. The minimum atomic E-state index is -0.372. The molecule has 0 heterocycles. The number of para-hydroxylation sites is 1. The normalized spacial score (nSPS) is 10.6. The minimum absolute atomic E-state index is 0.0471. The second kappa shape index (κ2) is 9.13. The van der Waals surface area contributed by atoms with Crippen molar-refractivity contribution in [2.24, 2.45) is 0 Å². The van der Waals surface area contributed by atoms with E-state index < -0.39 is 0 Å². The van der Waals surface area contributed by atoms with E-state index in [0.717, 1.165) is 29.5 Å². The molecular formula is C24H24FNO. The fourth-order valence-corrected chi connectivity index (χ4v) is 3.06. The maximum atomic E-state index is 14.3. The molecule has 0 atom stereocenters. The minimum Gasteiger partial charge on any atom is -0.305 e. The van der Waals surface area contributed by atoms with E-state index in [1.807, 2.05) is 49.4 Å². The fraction of sp³-hybridized carbons (Fsp3) is 0.208. The van der Waals surface area contributed by atoms with Gasteiger partial charge in [-0.05, 0) is 35.2 Å². The highest BCUT2D eigenvalue weighted by Gasteiger charge is 2.18. The smallest absolute Gasteiger partial charge is 0.227 e. The summed E-state index contributed by atoms with van der Waals surface area (Å²) < 4.78 is 14.3. The van der Waals surface area contributed by atoms with Crippen LogP contribution in [-0.4, -0.2) is 5.91 Å². The van der Waals surface area contributed by atoms with Gasteiger partial charge in [-0.3, -0.25) is 4.79 Å². The zero-order valence-corrected chi connectivity index (χ0v) is 15.6. The van der Waals surface area contributed by atoms with E-state index in [-0.39, 0.29) is 11.7 Å². The molecule has 0 aliphatic rings. The van der Waals surface area contributed by atoms with Crippen molar-refractivity contribution in [3.05, 3.63) is 90.2 Å². The van der Waals surface area contributed by atoms with Gasteiger partial charge in [-0.25, -0.2) is 4.39 Å². The number of benzene rings is 3. The summed E-state index contributed by atoms with van der Waals surface area (Å²) in [6.45, 7) is 2.40. The molecule has 1 amide bonds. The van der Waals surface area contributed by atoms with Crippen molar-refractivity contribution in [3.63, 3.8) is 0 Å². The van der Waals surface area contributed by atoms with Gasteiger partial charge in [-0.2, -0.15) is 0 Å². The Morgan fingerprint density at radius 1 is 0.852 bits per heavy atom. The van der Waals surface area contributed by atoms with Gasteiger partial charge in [0.1, 0.15) is 5.82 Å². The summed E-state index contributed by atoms with van der Waals surface area (Å²) in [6.07, 6.45) is 2.16. The number of nitrogens with zero attached hydrogens (tertiary/aromatic N) is 1. The molecule has 0 saturated carbocycles. The quantitative estimate of drug-likeness (QED) is 0.489. The summed E-state index contributed by atoms with van der Waals surface area (Å²) in [7, 11) is 0. The molecule has 0 spiro atoms. The van der Waals surface area contributed by atoms with E-state index in [2.05, 4.69) is 12.1 Å². The molecule has 3 heteroatoms. The monoisotopic (exact) mass is 361 g/mol. The molecule has 27 heavy (non-hydrogen) atoms. The van der Waals surface area contributed by atoms with Crippen molar-refractivity contribution < 1.29 is 9.18 Å². The van der Waals surface area contributed by atoms with Crippen LogP contribution in [-0.2, 0) is 11.3 Å². The molecule has 0 aromatic heterocycles. The highest BCUT2D eigenvalue weighted by atomic mass is 19.1. The molecule has 0 unspecified atom stereocenters. The number of rotatable bonds is 7. The van der Waals surface area contributed by atoms with Crippen LogP contribution in [0.1, 0.15) is 31.7 Å². The van der Waals surface area contributed by atoms with Gasteiger partial charge in [0.05, 0.1) is 12.2 Å². The second-order valence-electron chi connectivity index (χ2n) is 6.60. The summed E-state index contributed by atoms with van der Waals surface area (Å²) in [5, 5.41) is 0. The average Bonchev–Trinajstić information content (AvgIpc) is 2.72. The lowest BCUT2D eigenvalue weighted by Gasteiger charge is -2.23. The zero-order valence-electron chi connectivity index (χ0n) is 15.6. The maximum absolute atomic E-state index is 14.3. The number of hydrogen-bond donors (Lipinski definition) is 0. The Morgan fingerprint density at radius 2 is 1.48 bits per heavy atom. The van der Waals surface area contributed by atoms with E-state index in [4.69, 9.17) is 0 Å². The Kier molecular flexibility index (Phi) is 6.37. The first-order valence-electron chi connectivity index (χ1n) is 9.38. The zero-order chi connectivity index (χ0) is 19.1. The van der Waals surface area contributed by atoms with Crippen LogP contribution >= 0.6 is 0 Å². The molecule has 0 radical (unpaired) electrons. The summed E-state index contributed by atoms with van der Waals surface area (Å²) >= 11 is 0. The number of unbranched alkanes of at least 4 members (excludes halogenated alkanes) is 1. The first-order valence-corrected chi connectivity index (χ1v) is 9.38. The number of carbonyl (C=O) groups excluding carboxylic acids is 1. The van der Waals surface area contributed by atoms with Crippen LogP contribution in [0.25, 0.3) is 11.1 Å². The predicted molar refractivity (Wildman–Crippen MR) is 109 cm³/mol. The van der Waals surface area contributed by atoms with Gasteiger partial charge in [-0.15, -0.1) is 0 Å². The fourth-order valence-electron chi connectivity index (χ4n) is 3.06. The first kappa shape index (κ1) is 18.8. The van der Waals surface area contributed by atoms with E-state index in [0.29, 0.717) is 18.7 Å². The Morgan fingerprint density at radius 3 is 2.15 bits per heavy atom. The number of halogens is 1. The van der Waals surface area contributed by atoms with Crippen molar-refractivity contribution in [1.82, 2.24) is 0 Å². The molecule has 0 N–H and O–H groups in total. The van der Waals surface area contributed by atoms with Gasteiger partial charge in [0.15, 0.2) is 0 Å². The molecule has 3 rings (SSSR count). The lowest BCUT2D eigenvalue weighted by atomic mass is 10.0. The van der Waals surface area contributed by atoms with Crippen molar-refractivity contribution in [1.29, 1.82) is 0 Å². The van der Waals surface area contributed by atoms with Crippen molar-refractivity contribution in [3.8, 4) is 11.1 Å². The Labute approximate surface area is 160 Å². The van der Waals surface area contributed by atoms with Crippen LogP contribution in [0.5, 0.6) is 0 Å². The summed E-state index contributed by atoms with van der Waals surface area (Å²) in [4.78, 5) is 14.3. The van der Waals surface area contributed by atoms with Crippen molar-refractivity contribution in [2.45, 2.75) is 32.7 Å². The van der Waals surface area contributed by atoms with E-state index in [1.165, 1.54) is 6.07 Å². The number of anilines is 1. The van der Waals surface area contributed by atoms with Crippen molar-refractivity contribution in [2.75, 3.05) is 4.90 Å². The van der Waals surface area contributed by atoms with Crippen LogP contribution in [0.2, 0.25) is 0 Å². The summed E-state index contributed by atoms with van der Waals surface area (Å²) in [6, 6.07) is 24.7. The standard InChI is InChI=1S/C24H24FNO/c1-2-3-13-24(27)26(23-12-8-7-11-22(23)25)18-19-14-16-21(17-15-19)20-9-5-4-6-10-20/h4-12,14-17H,2-3,13,18H2,1H3. The molecule has 0 aliphatic heterocycles. The van der Waals surface area contributed by atoms with Gasteiger partial charge in [0.2, 0.25) is 5.91 Å². The molecule has 0 saturated heterocycles. The molecule has 138 valence electrons. The Bertz CT molecular complexity index is 874. The topological polar surface area (TPSA) is 20.3 Å². The van der Waals surface area contributed by atoms with E-state index >= 15 is 0 Å². The molecule has 3 aromatic carbocycles. The number of amides is 1. The highest BCUT2D eigenvalue weighted by molar-refractivity contribution is 5.93. The predicted octanol–water partition coefficient (Wildman–Crippen LogP) is 6.22. The second-order valence-corrected chi connectivity index (χ2v) is 6.60. The molecule has 0 bridgehead atoms. The van der Waals surface area contributed by atoms with Crippen LogP contribution in [0.4, 0.5) is 10.1 Å². The lowest BCUT2D eigenvalue weighted by molar-refractivity contribution is -0.118. The molecule has 3 aromatic rings. The van der Waals surface area contributed by atoms with Gasteiger partial charge >= 0.3 is 0 Å². The third-order valence-electron chi connectivity index (χ3n) is 4.59. The molecular weight excluding hydrogens is 337 g/mol. The van der Waals surface area contributed by atoms with Gasteiger partial charge < -0.3 is 4.90 Å². The SMILES string of the molecule is CCCCC(=O)N(Cc1ccc(-c2ccccc2)cc1)c1ccccc1F. The third kappa shape index (κ3) is 4.82. The molecule has 0 aliphatic carbocycles. The van der Waals surface area contributed by atoms with Crippen molar-refractivity contribution >= 4 is 11.6 Å². The van der Waals surface area contributed by atoms with E-state index in [9.17, 15) is 9.18 Å². The number of carbonyl (C=O) groups is 1. The van der Waals surface area contributed by atoms with Crippen LogP contribution in [0.15, 0.2) is 78.9 Å². The van der Waals surface area contributed by atoms with Gasteiger partial charge in [0.25, 0.3) is 0 Å². The summed E-state index contributed by atoms with van der Waals surface area (Å²) in [5.41, 5.74) is 3.58. The van der Waals surface area contributed by atoms with Gasteiger partial charge in [-0.1, -0.05) is 80.1 Å². The average molecular weight is 361 g/mol. The maximum Gasteiger partial charge on any atom is 0.227 e. The largest absolute Gasteiger partial charge is 0.305 e. The van der Waals surface area contributed by atoms with Crippen LogP contribution in [0.3, 0.4) is 0 Å². The number of hydrogen-bond acceptors (Lipinski definition) is 1.